The van der Waals surface area contributed by atoms with Gasteiger partial charge in [0.15, 0.2) is 5.69 Å². The Morgan fingerprint density at radius 1 is 1.19 bits per heavy atom. The zero-order chi connectivity index (χ0) is 14.8. The van der Waals surface area contributed by atoms with Crippen molar-refractivity contribution in [2.24, 2.45) is 0 Å². The van der Waals surface area contributed by atoms with Crippen LogP contribution in [0.4, 0.5) is 10.9 Å². The Kier molecular flexibility index (Phi) is 3.65. The van der Waals surface area contributed by atoms with Crippen LogP contribution in [0.5, 0.6) is 0 Å². The SMILES string of the molecule is Cc1nsc(N2CCN(c3cnc(C(=O)O)cn3)CC2)n1. The normalized spacial score (nSPS) is 15.3. The fourth-order valence-corrected chi connectivity index (χ4v) is 2.86. The number of carboxylic acids is 1. The van der Waals surface area contributed by atoms with Gasteiger partial charge in [0, 0.05) is 37.7 Å². The molecule has 0 spiro atoms. The fourth-order valence-electron chi connectivity index (χ4n) is 2.14. The van der Waals surface area contributed by atoms with Gasteiger partial charge in [0.05, 0.1) is 12.4 Å². The van der Waals surface area contributed by atoms with Crippen LogP contribution < -0.4 is 9.80 Å². The van der Waals surface area contributed by atoms with E-state index < -0.39 is 5.97 Å². The number of carboxylic acid groups (broad SMARTS) is 1. The lowest BCUT2D eigenvalue weighted by Gasteiger charge is -2.34. The van der Waals surface area contributed by atoms with Crippen LogP contribution in [0.25, 0.3) is 0 Å². The minimum Gasteiger partial charge on any atom is -0.476 e. The molecule has 2 aromatic rings. The zero-order valence-electron chi connectivity index (χ0n) is 11.4. The molecule has 110 valence electrons. The van der Waals surface area contributed by atoms with Crippen LogP contribution in [0.15, 0.2) is 12.4 Å². The summed E-state index contributed by atoms with van der Waals surface area (Å²) in [6.45, 7) is 5.13. The molecule has 0 unspecified atom stereocenters. The van der Waals surface area contributed by atoms with Crippen molar-refractivity contribution in [1.82, 2.24) is 19.3 Å². The second-order valence-corrected chi connectivity index (χ2v) is 5.39. The maximum Gasteiger partial charge on any atom is 0.356 e. The highest BCUT2D eigenvalue weighted by atomic mass is 32.1. The molecule has 1 aliphatic heterocycles. The molecule has 2 aromatic heterocycles. The standard InChI is InChI=1S/C12H14N6O2S/c1-8-15-12(21-16-8)18-4-2-17(3-5-18)10-7-13-9(6-14-10)11(19)20/h6-7H,2-5H2,1H3,(H,19,20). The van der Waals surface area contributed by atoms with Crippen molar-refractivity contribution >= 4 is 28.5 Å². The molecule has 1 N–H and O–H groups in total. The molecular weight excluding hydrogens is 292 g/mol. The second kappa shape index (κ2) is 5.60. The highest BCUT2D eigenvalue weighted by Gasteiger charge is 2.21. The predicted octanol–water partition coefficient (Wildman–Crippen LogP) is 0.661. The van der Waals surface area contributed by atoms with Crippen molar-refractivity contribution in [3.63, 3.8) is 0 Å². The molecule has 8 nitrogen and oxygen atoms in total. The highest BCUT2D eigenvalue weighted by Crippen LogP contribution is 2.20. The largest absolute Gasteiger partial charge is 0.476 e. The Balaban J connectivity index is 1.64. The third kappa shape index (κ3) is 2.92. The van der Waals surface area contributed by atoms with Gasteiger partial charge in [-0.3, -0.25) is 0 Å². The smallest absolute Gasteiger partial charge is 0.356 e. The van der Waals surface area contributed by atoms with Crippen molar-refractivity contribution < 1.29 is 9.90 Å². The lowest BCUT2D eigenvalue weighted by atomic mass is 10.3. The van der Waals surface area contributed by atoms with E-state index in [1.165, 1.54) is 23.9 Å². The van der Waals surface area contributed by atoms with E-state index in [0.29, 0.717) is 5.82 Å². The molecule has 0 atom stereocenters. The molecule has 0 aromatic carbocycles. The van der Waals surface area contributed by atoms with Crippen molar-refractivity contribution in [2.75, 3.05) is 36.0 Å². The molecule has 1 saturated heterocycles. The van der Waals surface area contributed by atoms with Gasteiger partial charge in [-0.15, -0.1) is 0 Å². The third-order valence-electron chi connectivity index (χ3n) is 3.25. The summed E-state index contributed by atoms with van der Waals surface area (Å²) in [7, 11) is 0. The third-order valence-corrected chi connectivity index (χ3v) is 4.12. The molecule has 0 amide bonds. The highest BCUT2D eigenvalue weighted by molar-refractivity contribution is 7.09. The van der Waals surface area contributed by atoms with Gasteiger partial charge in [0.2, 0.25) is 5.13 Å². The van der Waals surface area contributed by atoms with Gasteiger partial charge >= 0.3 is 5.97 Å². The maximum absolute atomic E-state index is 10.8. The molecule has 0 radical (unpaired) electrons. The van der Waals surface area contributed by atoms with Crippen molar-refractivity contribution in [3.8, 4) is 0 Å². The first-order valence-electron chi connectivity index (χ1n) is 6.49. The minimum absolute atomic E-state index is 0.0401. The van der Waals surface area contributed by atoms with E-state index in [-0.39, 0.29) is 5.69 Å². The first-order chi connectivity index (χ1) is 10.1. The number of aromatic nitrogens is 4. The number of carbonyl (C=O) groups is 1. The van der Waals surface area contributed by atoms with Gasteiger partial charge in [-0.25, -0.2) is 19.7 Å². The van der Waals surface area contributed by atoms with Crippen LogP contribution in [-0.4, -0.2) is 56.6 Å². The summed E-state index contributed by atoms with van der Waals surface area (Å²) < 4.78 is 4.19. The number of anilines is 2. The van der Waals surface area contributed by atoms with Crippen molar-refractivity contribution in [1.29, 1.82) is 0 Å². The summed E-state index contributed by atoms with van der Waals surface area (Å²) in [6.07, 6.45) is 2.80. The summed E-state index contributed by atoms with van der Waals surface area (Å²) in [5.41, 5.74) is -0.0401. The topological polar surface area (TPSA) is 95.3 Å². The molecule has 3 rings (SSSR count). The first-order valence-corrected chi connectivity index (χ1v) is 7.26. The Morgan fingerprint density at radius 2 is 1.90 bits per heavy atom. The van der Waals surface area contributed by atoms with Crippen LogP contribution in [0.3, 0.4) is 0 Å². The van der Waals surface area contributed by atoms with Crippen LogP contribution in [0, 0.1) is 6.92 Å². The quantitative estimate of drug-likeness (QED) is 0.883. The monoisotopic (exact) mass is 306 g/mol. The molecule has 3 heterocycles. The average Bonchev–Trinajstić information content (AvgIpc) is 2.94. The molecule has 0 saturated carbocycles. The molecule has 0 bridgehead atoms. The summed E-state index contributed by atoms with van der Waals surface area (Å²) in [5, 5.41) is 9.76. The van der Waals surface area contributed by atoms with Crippen LogP contribution in [0.1, 0.15) is 16.3 Å². The molecule has 21 heavy (non-hydrogen) atoms. The van der Waals surface area contributed by atoms with E-state index in [2.05, 4.69) is 29.1 Å². The minimum atomic E-state index is -1.06. The summed E-state index contributed by atoms with van der Waals surface area (Å²) in [4.78, 5) is 27.5. The van der Waals surface area contributed by atoms with Gasteiger partial charge in [-0.1, -0.05) is 0 Å². The van der Waals surface area contributed by atoms with E-state index in [0.717, 1.165) is 37.1 Å². The van der Waals surface area contributed by atoms with Gasteiger partial charge in [0.1, 0.15) is 11.6 Å². The number of nitrogens with zero attached hydrogens (tertiary/aromatic N) is 6. The Bertz CT molecular complexity index is 635. The van der Waals surface area contributed by atoms with Crippen molar-refractivity contribution in [3.05, 3.63) is 23.9 Å². The molecule has 9 heteroatoms. The predicted molar refractivity (Wildman–Crippen MR) is 78.1 cm³/mol. The lowest BCUT2D eigenvalue weighted by molar-refractivity contribution is 0.0690. The van der Waals surface area contributed by atoms with Gasteiger partial charge < -0.3 is 14.9 Å². The summed E-state index contributed by atoms with van der Waals surface area (Å²) in [6, 6.07) is 0. The van der Waals surface area contributed by atoms with E-state index in [9.17, 15) is 4.79 Å². The molecule has 1 aliphatic rings. The fraction of sp³-hybridized carbons (Fsp3) is 0.417. The van der Waals surface area contributed by atoms with E-state index in [1.54, 1.807) is 0 Å². The molecular formula is C12H14N6O2S. The summed E-state index contributed by atoms with van der Waals surface area (Å²) >= 11 is 1.41. The Hall–Kier alpha value is -2.29. The van der Waals surface area contributed by atoms with Crippen LogP contribution in [-0.2, 0) is 0 Å². The second-order valence-electron chi connectivity index (χ2n) is 4.66. The van der Waals surface area contributed by atoms with Gasteiger partial charge in [-0.2, -0.15) is 4.37 Å². The van der Waals surface area contributed by atoms with E-state index >= 15 is 0 Å². The molecule has 1 fully saturated rings. The zero-order valence-corrected chi connectivity index (χ0v) is 12.2. The molecule has 0 aliphatic carbocycles. The van der Waals surface area contributed by atoms with Gasteiger partial charge in [0.25, 0.3) is 0 Å². The number of rotatable bonds is 3. The number of aromatic carboxylic acids is 1. The van der Waals surface area contributed by atoms with E-state index in [1.807, 2.05) is 6.92 Å². The van der Waals surface area contributed by atoms with Crippen LogP contribution >= 0.6 is 11.5 Å². The van der Waals surface area contributed by atoms with Crippen LogP contribution in [0.2, 0.25) is 0 Å². The maximum atomic E-state index is 10.8. The number of piperazine rings is 1. The Labute approximate surface area is 125 Å². The van der Waals surface area contributed by atoms with Gasteiger partial charge in [-0.05, 0) is 6.92 Å². The number of aryl methyl sites for hydroxylation is 1. The number of hydrogen-bond acceptors (Lipinski definition) is 8. The summed E-state index contributed by atoms with van der Waals surface area (Å²) in [5.74, 6) is 0.436. The van der Waals surface area contributed by atoms with E-state index in [4.69, 9.17) is 5.11 Å². The van der Waals surface area contributed by atoms with Crippen molar-refractivity contribution in [2.45, 2.75) is 6.92 Å². The first kappa shape index (κ1) is 13.7. The average molecular weight is 306 g/mol. The Morgan fingerprint density at radius 3 is 2.43 bits per heavy atom. The number of hydrogen-bond donors (Lipinski definition) is 1. The lowest BCUT2D eigenvalue weighted by Crippen LogP contribution is -2.46.